The van der Waals surface area contributed by atoms with E-state index in [0.717, 1.165) is 18.8 Å². The smallest absolute Gasteiger partial charge is 0.165 e. The van der Waals surface area contributed by atoms with Gasteiger partial charge in [-0.2, -0.15) is 0 Å². The van der Waals surface area contributed by atoms with E-state index in [4.69, 9.17) is 4.74 Å². The number of hydrogen-bond acceptors (Lipinski definition) is 1. The van der Waals surface area contributed by atoms with Gasteiger partial charge in [-0.3, -0.25) is 0 Å². The maximum Gasteiger partial charge on any atom is 0.165 e. The molecule has 1 aromatic carbocycles. The van der Waals surface area contributed by atoms with Gasteiger partial charge in [0.05, 0.1) is 6.10 Å². The molecule has 0 aliphatic heterocycles. The summed E-state index contributed by atoms with van der Waals surface area (Å²) < 4.78 is 18.6. The van der Waals surface area contributed by atoms with E-state index in [0.29, 0.717) is 5.75 Å². The van der Waals surface area contributed by atoms with E-state index in [1.807, 2.05) is 0 Å². The summed E-state index contributed by atoms with van der Waals surface area (Å²) in [7, 11) is 0. The van der Waals surface area contributed by atoms with E-state index in [9.17, 15) is 4.39 Å². The summed E-state index contributed by atoms with van der Waals surface area (Å²) in [5, 5.41) is 0. The van der Waals surface area contributed by atoms with Crippen LogP contribution in [0.25, 0.3) is 0 Å². The maximum absolute atomic E-state index is 13.1. The van der Waals surface area contributed by atoms with Gasteiger partial charge in [-0.1, -0.05) is 19.1 Å². The Morgan fingerprint density at radius 2 is 2.00 bits per heavy atom. The van der Waals surface area contributed by atoms with Crippen molar-refractivity contribution < 1.29 is 9.13 Å². The monoisotopic (exact) mass is 180 g/mol. The lowest BCUT2D eigenvalue weighted by Crippen LogP contribution is -2.32. The molecule has 13 heavy (non-hydrogen) atoms. The summed E-state index contributed by atoms with van der Waals surface area (Å²) >= 11 is 0. The average Bonchev–Trinajstić information content (AvgIpc) is 2.06. The molecule has 1 nitrogen and oxygen atoms in total. The molecule has 2 heteroatoms. The second-order valence-corrected chi connectivity index (χ2v) is 3.75. The van der Waals surface area contributed by atoms with Crippen LogP contribution in [0.15, 0.2) is 24.3 Å². The molecule has 1 aliphatic rings. The van der Waals surface area contributed by atoms with Gasteiger partial charge in [0, 0.05) is 0 Å². The van der Waals surface area contributed by atoms with Crippen molar-refractivity contribution in [2.75, 3.05) is 0 Å². The number of hydrogen-bond donors (Lipinski definition) is 0. The molecule has 0 heterocycles. The Labute approximate surface area is 77.5 Å². The van der Waals surface area contributed by atoms with Crippen molar-refractivity contribution in [3.05, 3.63) is 30.1 Å². The second kappa shape index (κ2) is 3.36. The molecular weight excluding hydrogens is 167 g/mol. The highest BCUT2D eigenvalue weighted by Gasteiger charge is 2.27. The second-order valence-electron chi connectivity index (χ2n) is 3.75. The van der Waals surface area contributed by atoms with Crippen LogP contribution < -0.4 is 4.74 Å². The van der Waals surface area contributed by atoms with Crippen LogP contribution in [-0.2, 0) is 0 Å². The molecule has 1 aliphatic carbocycles. The highest BCUT2D eigenvalue weighted by atomic mass is 19.1. The third kappa shape index (κ3) is 1.82. The fraction of sp³-hybridized carbons (Fsp3) is 0.455. The first-order chi connectivity index (χ1) is 6.25. The lowest BCUT2D eigenvalue weighted by atomic mass is 9.84. The molecule has 70 valence electrons. The highest BCUT2D eigenvalue weighted by Crippen LogP contribution is 2.31. The van der Waals surface area contributed by atoms with Gasteiger partial charge >= 0.3 is 0 Å². The topological polar surface area (TPSA) is 9.23 Å². The average molecular weight is 180 g/mol. The third-order valence-electron chi connectivity index (χ3n) is 2.46. The van der Waals surface area contributed by atoms with Gasteiger partial charge in [0.25, 0.3) is 0 Å². The minimum atomic E-state index is -0.262. The Hall–Kier alpha value is -1.05. The number of ether oxygens (including phenoxy) is 1. The molecule has 0 amide bonds. The van der Waals surface area contributed by atoms with E-state index in [1.54, 1.807) is 18.2 Å². The van der Waals surface area contributed by atoms with E-state index >= 15 is 0 Å². The molecule has 0 unspecified atom stereocenters. The lowest BCUT2D eigenvalue weighted by molar-refractivity contribution is 0.0700. The van der Waals surface area contributed by atoms with Gasteiger partial charge in [0.2, 0.25) is 0 Å². The van der Waals surface area contributed by atoms with Crippen LogP contribution >= 0.6 is 0 Å². The number of benzene rings is 1. The van der Waals surface area contributed by atoms with Crippen LogP contribution in [-0.4, -0.2) is 6.10 Å². The van der Waals surface area contributed by atoms with Gasteiger partial charge in [-0.25, -0.2) is 4.39 Å². The summed E-state index contributed by atoms with van der Waals surface area (Å²) in [6, 6.07) is 6.57. The molecule has 0 aromatic heterocycles. The van der Waals surface area contributed by atoms with E-state index < -0.39 is 0 Å². The SMILES string of the molecule is C[C@H]1C[C@H](Oc2ccccc2F)C1. The van der Waals surface area contributed by atoms with Gasteiger partial charge in [0.1, 0.15) is 0 Å². The van der Waals surface area contributed by atoms with Crippen LogP contribution in [0.4, 0.5) is 4.39 Å². The van der Waals surface area contributed by atoms with Gasteiger partial charge in [-0.05, 0) is 30.9 Å². The zero-order valence-electron chi connectivity index (χ0n) is 7.66. The summed E-state index contributed by atoms with van der Waals surface area (Å²) in [5.41, 5.74) is 0. The van der Waals surface area contributed by atoms with Crippen LogP contribution in [0, 0.1) is 11.7 Å². The largest absolute Gasteiger partial charge is 0.487 e. The molecule has 1 saturated carbocycles. The first-order valence-corrected chi connectivity index (χ1v) is 4.67. The zero-order valence-corrected chi connectivity index (χ0v) is 7.66. The van der Waals surface area contributed by atoms with Crippen molar-refractivity contribution in [3.63, 3.8) is 0 Å². The lowest BCUT2D eigenvalue weighted by Gasteiger charge is -2.32. The van der Waals surface area contributed by atoms with Gasteiger partial charge < -0.3 is 4.74 Å². The Bertz CT molecular complexity index is 292. The molecule has 1 fully saturated rings. The Morgan fingerprint density at radius 1 is 1.31 bits per heavy atom. The fourth-order valence-electron chi connectivity index (χ4n) is 1.64. The fourth-order valence-corrected chi connectivity index (χ4v) is 1.64. The molecule has 0 atom stereocenters. The van der Waals surface area contributed by atoms with Crippen LogP contribution in [0.3, 0.4) is 0 Å². The predicted molar refractivity (Wildman–Crippen MR) is 49.2 cm³/mol. The Morgan fingerprint density at radius 3 is 2.62 bits per heavy atom. The van der Waals surface area contributed by atoms with Gasteiger partial charge in [-0.15, -0.1) is 0 Å². The quantitative estimate of drug-likeness (QED) is 0.679. The third-order valence-corrected chi connectivity index (χ3v) is 2.46. The predicted octanol–water partition coefficient (Wildman–Crippen LogP) is 3.00. The van der Waals surface area contributed by atoms with Crippen molar-refractivity contribution in [2.24, 2.45) is 5.92 Å². The zero-order chi connectivity index (χ0) is 9.26. The minimum absolute atomic E-state index is 0.229. The summed E-state index contributed by atoms with van der Waals surface area (Å²) in [4.78, 5) is 0. The van der Waals surface area contributed by atoms with Crippen molar-refractivity contribution in [1.82, 2.24) is 0 Å². The summed E-state index contributed by atoms with van der Waals surface area (Å²) in [6.07, 6.45) is 2.33. The first kappa shape index (κ1) is 8.54. The van der Waals surface area contributed by atoms with E-state index in [-0.39, 0.29) is 11.9 Å². The summed E-state index contributed by atoms with van der Waals surface area (Å²) in [6.45, 7) is 2.18. The molecule has 0 spiro atoms. The van der Waals surface area contributed by atoms with Crippen molar-refractivity contribution >= 4 is 0 Å². The van der Waals surface area contributed by atoms with Crippen molar-refractivity contribution in [3.8, 4) is 5.75 Å². The molecule has 1 aromatic rings. The van der Waals surface area contributed by atoms with Crippen molar-refractivity contribution in [2.45, 2.75) is 25.9 Å². The maximum atomic E-state index is 13.1. The minimum Gasteiger partial charge on any atom is -0.487 e. The highest BCUT2D eigenvalue weighted by molar-refractivity contribution is 5.24. The Balaban J connectivity index is 1.98. The standard InChI is InChI=1S/C11H13FO/c1-8-6-9(7-8)13-11-5-3-2-4-10(11)12/h2-5,8-9H,6-7H2,1H3/t8-,9-. The molecule has 0 N–H and O–H groups in total. The molecule has 2 rings (SSSR count). The summed E-state index contributed by atoms with van der Waals surface area (Å²) in [5.74, 6) is 0.859. The van der Waals surface area contributed by atoms with Crippen LogP contribution in [0.2, 0.25) is 0 Å². The number of para-hydroxylation sites is 1. The van der Waals surface area contributed by atoms with Crippen molar-refractivity contribution in [1.29, 1.82) is 0 Å². The van der Waals surface area contributed by atoms with E-state index in [1.165, 1.54) is 6.07 Å². The molecule has 0 bridgehead atoms. The van der Waals surface area contributed by atoms with Gasteiger partial charge in [0.15, 0.2) is 11.6 Å². The number of rotatable bonds is 2. The Kier molecular flexibility index (Phi) is 2.21. The van der Waals surface area contributed by atoms with Crippen LogP contribution in [0.5, 0.6) is 5.75 Å². The van der Waals surface area contributed by atoms with E-state index in [2.05, 4.69) is 6.92 Å². The molecule has 0 radical (unpaired) electrons. The molecular formula is C11H13FO. The van der Waals surface area contributed by atoms with Crippen LogP contribution in [0.1, 0.15) is 19.8 Å². The first-order valence-electron chi connectivity index (χ1n) is 4.67. The number of halogens is 1. The molecule has 0 saturated heterocycles. The normalized spacial score (nSPS) is 26.6.